The van der Waals surface area contributed by atoms with Crippen LogP contribution in [0.5, 0.6) is 0 Å². The van der Waals surface area contributed by atoms with Crippen LogP contribution in [0.1, 0.15) is 23.2 Å². The minimum Gasteiger partial charge on any atom is -0.384 e. The Morgan fingerprint density at radius 1 is 1.22 bits per heavy atom. The van der Waals surface area contributed by atoms with Gasteiger partial charge in [-0.3, -0.25) is 9.52 Å². The van der Waals surface area contributed by atoms with Crippen LogP contribution in [0.4, 0.5) is 5.69 Å². The molecule has 1 fully saturated rings. The molecule has 10 heteroatoms. The lowest BCUT2D eigenvalue weighted by atomic mass is 9.90. The van der Waals surface area contributed by atoms with Gasteiger partial charge in [-0.1, -0.05) is 17.7 Å². The molecule has 1 aromatic heterocycles. The van der Waals surface area contributed by atoms with Crippen LogP contribution in [0.25, 0.3) is 10.2 Å². The molecule has 0 atom stereocenters. The van der Waals surface area contributed by atoms with Crippen molar-refractivity contribution in [1.29, 1.82) is 0 Å². The number of fused-ring (bicyclic) bond motifs is 1. The number of nitrogens with one attached hydrogen (secondary N) is 2. The third-order valence-corrected chi connectivity index (χ3v) is 8.92. The highest BCUT2D eigenvalue weighted by Gasteiger charge is 2.40. The van der Waals surface area contributed by atoms with Crippen LogP contribution >= 0.6 is 46.8 Å². The summed E-state index contributed by atoms with van der Waals surface area (Å²) in [6.45, 7) is 1.57. The van der Waals surface area contributed by atoms with Crippen molar-refractivity contribution in [3.05, 3.63) is 63.5 Å². The van der Waals surface area contributed by atoms with Gasteiger partial charge in [0.2, 0.25) is 0 Å². The van der Waals surface area contributed by atoms with E-state index in [2.05, 4.69) is 20.5 Å². The zero-order valence-corrected chi connectivity index (χ0v) is 20.2. The van der Waals surface area contributed by atoms with Gasteiger partial charge >= 0.3 is 0 Å². The first kappa shape index (κ1) is 22.1. The molecule has 0 bridgehead atoms. The number of aromatic nitrogens is 1. The molecule has 2 aliphatic rings. The Hall–Kier alpha value is -1.75. The Morgan fingerprint density at radius 2 is 2.00 bits per heavy atom. The van der Waals surface area contributed by atoms with Crippen molar-refractivity contribution in [3.8, 4) is 0 Å². The second-order valence-corrected chi connectivity index (χ2v) is 10.8. The number of carbonyl (C=O) groups is 1. The molecule has 3 N–H and O–H groups in total. The Morgan fingerprint density at radius 3 is 2.72 bits per heavy atom. The highest BCUT2D eigenvalue weighted by Crippen LogP contribution is 2.41. The van der Waals surface area contributed by atoms with E-state index < -0.39 is 5.60 Å². The fourth-order valence-corrected chi connectivity index (χ4v) is 6.79. The number of aliphatic hydroxyl groups is 1. The number of carbonyl (C=O) groups excluding carboxylic acids is 1. The smallest absolute Gasteiger partial charge is 0.253 e. The molecule has 0 saturated carbocycles. The van der Waals surface area contributed by atoms with Crippen LogP contribution in [-0.2, 0) is 0 Å². The summed E-state index contributed by atoms with van der Waals surface area (Å²) in [6.07, 6.45) is 0.967. The average Bonchev–Trinajstić information content (AvgIpc) is 3.47. The van der Waals surface area contributed by atoms with Gasteiger partial charge in [-0.25, -0.2) is 4.98 Å². The quantitative estimate of drug-likeness (QED) is 0.418. The number of hydrogen-bond acceptors (Lipinski definition) is 8. The van der Waals surface area contributed by atoms with Crippen molar-refractivity contribution in [3.63, 3.8) is 0 Å². The molecule has 3 aromatic rings. The van der Waals surface area contributed by atoms with Crippen molar-refractivity contribution >= 4 is 68.6 Å². The number of anilines is 1. The van der Waals surface area contributed by atoms with Crippen molar-refractivity contribution in [1.82, 2.24) is 14.6 Å². The van der Waals surface area contributed by atoms with E-state index in [4.69, 9.17) is 11.6 Å². The van der Waals surface area contributed by atoms with E-state index in [0.717, 1.165) is 25.7 Å². The third kappa shape index (κ3) is 4.37. The van der Waals surface area contributed by atoms with Crippen molar-refractivity contribution < 1.29 is 9.90 Å². The monoisotopic (exact) mass is 504 g/mol. The van der Waals surface area contributed by atoms with Crippen LogP contribution in [0.2, 0.25) is 0 Å². The predicted molar refractivity (Wildman–Crippen MR) is 134 cm³/mol. The number of piperidine rings is 1. The molecule has 1 amide bonds. The van der Waals surface area contributed by atoms with Gasteiger partial charge in [0.1, 0.15) is 5.60 Å². The summed E-state index contributed by atoms with van der Waals surface area (Å²) in [4.78, 5) is 21.1. The van der Waals surface area contributed by atoms with Crippen molar-refractivity contribution in [2.24, 2.45) is 0 Å². The van der Waals surface area contributed by atoms with Gasteiger partial charge < -0.3 is 14.7 Å². The molecule has 2 aliphatic heterocycles. The largest absolute Gasteiger partial charge is 0.384 e. The normalized spacial score (nSPS) is 18.4. The van der Waals surface area contributed by atoms with E-state index in [1.165, 1.54) is 23.9 Å². The molecular weight excluding hydrogens is 484 g/mol. The summed E-state index contributed by atoms with van der Waals surface area (Å²) in [5, 5.41) is 11.7. The van der Waals surface area contributed by atoms with E-state index in [9.17, 15) is 9.90 Å². The summed E-state index contributed by atoms with van der Waals surface area (Å²) >= 11 is 10.8. The number of amides is 1. The fourth-order valence-electron chi connectivity index (χ4n) is 3.88. The van der Waals surface area contributed by atoms with Crippen LogP contribution < -0.4 is 9.44 Å². The van der Waals surface area contributed by atoms with Crippen LogP contribution in [0, 0.1) is 0 Å². The maximum Gasteiger partial charge on any atom is 0.253 e. The number of hydrogen-bond donors (Lipinski definition) is 3. The number of nitrogens with zero attached hydrogens (tertiary/aromatic N) is 2. The number of thiazole rings is 1. The second kappa shape index (κ2) is 9.24. The third-order valence-electron chi connectivity index (χ3n) is 5.68. The van der Waals surface area contributed by atoms with Crippen LogP contribution in [0.3, 0.4) is 0 Å². The molecule has 166 valence electrons. The molecule has 2 aromatic carbocycles. The number of para-hydroxylation sites is 1. The lowest BCUT2D eigenvalue weighted by Gasteiger charge is -2.38. The fraction of sp³-hybridized carbons (Fsp3) is 0.273. The highest BCUT2D eigenvalue weighted by molar-refractivity contribution is 8.01. The summed E-state index contributed by atoms with van der Waals surface area (Å²) < 4.78 is 7.59. The second-order valence-electron chi connectivity index (χ2n) is 7.72. The Labute approximate surface area is 203 Å². The number of halogens is 1. The lowest BCUT2D eigenvalue weighted by molar-refractivity contribution is 0.0161. The maximum absolute atomic E-state index is 13.0. The first-order chi connectivity index (χ1) is 15.5. The van der Waals surface area contributed by atoms with Crippen LogP contribution in [0.15, 0.2) is 62.8 Å². The van der Waals surface area contributed by atoms with Crippen molar-refractivity contribution in [2.75, 3.05) is 24.4 Å². The lowest BCUT2D eigenvalue weighted by Crippen LogP contribution is -2.47. The summed E-state index contributed by atoms with van der Waals surface area (Å²) in [7, 11) is 0. The molecule has 1 saturated heterocycles. The van der Waals surface area contributed by atoms with Crippen molar-refractivity contribution in [2.45, 2.75) is 23.3 Å². The number of benzene rings is 2. The molecule has 0 aliphatic carbocycles. The zero-order chi connectivity index (χ0) is 22.1. The van der Waals surface area contributed by atoms with E-state index in [-0.39, 0.29) is 5.91 Å². The molecule has 32 heavy (non-hydrogen) atoms. The Kier molecular flexibility index (Phi) is 6.37. The molecule has 0 radical (unpaired) electrons. The molecule has 0 spiro atoms. The predicted octanol–water partition coefficient (Wildman–Crippen LogP) is 5.08. The van der Waals surface area contributed by atoms with Gasteiger partial charge in [0.25, 0.3) is 5.91 Å². The Balaban J connectivity index is 1.19. The van der Waals surface area contributed by atoms with Gasteiger partial charge in [-0.05, 0) is 73.1 Å². The molecule has 6 nitrogen and oxygen atoms in total. The summed E-state index contributed by atoms with van der Waals surface area (Å²) in [6, 6.07) is 13.6. The average molecular weight is 505 g/mol. The minimum atomic E-state index is -0.951. The van der Waals surface area contributed by atoms with Gasteiger partial charge in [-0.15, -0.1) is 11.3 Å². The minimum absolute atomic E-state index is 0.0178. The van der Waals surface area contributed by atoms with Crippen LogP contribution in [-0.4, -0.2) is 46.1 Å². The molecule has 0 unspecified atom stereocenters. The molecule has 3 heterocycles. The first-order valence-corrected chi connectivity index (χ1v) is 13.1. The van der Waals surface area contributed by atoms with Gasteiger partial charge in [0, 0.05) is 40.8 Å². The van der Waals surface area contributed by atoms with Gasteiger partial charge in [0.05, 0.1) is 20.6 Å². The van der Waals surface area contributed by atoms with E-state index in [1.807, 2.05) is 41.9 Å². The Bertz CT molecular complexity index is 1170. The van der Waals surface area contributed by atoms with Gasteiger partial charge in [-0.2, -0.15) is 0 Å². The highest BCUT2D eigenvalue weighted by atomic mass is 35.5. The molecule has 5 rings (SSSR count). The standard InChI is InChI=1S/C22H21ClN4O2S3/c23-16-12-25-32-20(16)22(29)8-10-27(11-9-22)21(28)14-4-6-15(7-5-14)26-31-18-3-1-2-17-19(18)24-13-30-17/h1-7,13,25-26,29H,8-12H2. The summed E-state index contributed by atoms with van der Waals surface area (Å²) in [5.74, 6) is -0.0178. The topological polar surface area (TPSA) is 77.5 Å². The van der Waals surface area contributed by atoms with E-state index in [1.54, 1.807) is 16.2 Å². The number of rotatable bonds is 5. The van der Waals surface area contributed by atoms with Gasteiger partial charge in [0.15, 0.2) is 0 Å². The zero-order valence-electron chi connectivity index (χ0n) is 17.0. The van der Waals surface area contributed by atoms with E-state index in [0.29, 0.717) is 43.1 Å². The maximum atomic E-state index is 13.0. The summed E-state index contributed by atoms with van der Waals surface area (Å²) in [5.41, 5.74) is 3.45. The number of likely N-dealkylation sites (tertiary alicyclic amines) is 1. The first-order valence-electron chi connectivity index (χ1n) is 10.2. The molecular formula is C22H21ClN4O2S3. The van der Waals surface area contributed by atoms with E-state index >= 15 is 0 Å². The SMILES string of the molecule is O=C(c1ccc(NSc2cccc3scnc23)cc1)N1CCC(O)(C2=C(Cl)CNS2)CC1.